The van der Waals surface area contributed by atoms with Gasteiger partial charge in [-0.2, -0.15) is 5.10 Å². The molecule has 0 radical (unpaired) electrons. The Morgan fingerprint density at radius 1 is 0.967 bits per heavy atom. The molecule has 7 heteroatoms. The summed E-state index contributed by atoms with van der Waals surface area (Å²) in [6, 6.07) is 12.5. The Morgan fingerprint density at radius 2 is 1.70 bits per heavy atom. The highest BCUT2D eigenvalue weighted by atomic mass is 16.6. The van der Waals surface area contributed by atoms with Crippen LogP contribution in [0, 0.1) is 20.8 Å². The van der Waals surface area contributed by atoms with Gasteiger partial charge in [0, 0.05) is 23.4 Å². The molecule has 0 fully saturated rings. The lowest BCUT2D eigenvalue weighted by Crippen LogP contribution is -2.29. The number of hydrogen-bond donors (Lipinski definition) is 1. The van der Waals surface area contributed by atoms with Gasteiger partial charge in [-0.15, -0.1) is 0 Å². The number of anilines is 1. The summed E-state index contributed by atoms with van der Waals surface area (Å²) in [6.07, 6.45) is 0. The summed E-state index contributed by atoms with van der Waals surface area (Å²) >= 11 is 0. The average molecular weight is 405 g/mol. The maximum Gasteiger partial charge on any atom is 0.267 e. The summed E-state index contributed by atoms with van der Waals surface area (Å²) in [5.41, 5.74) is 5.24. The van der Waals surface area contributed by atoms with E-state index < -0.39 is 0 Å². The van der Waals surface area contributed by atoms with Crippen molar-refractivity contribution in [2.24, 2.45) is 0 Å². The third-order valence-corrected chi connectivity index (χ3v) is 5.10. The van der Waals surface area contributed by atoms with Crippen LogP contribution in [0.15, 0.2) is 47.3 Å². The minimum Gasteiger partial charge on any atom is -0.486 e. The number of benzene rings is 2. The number of aryl methyl sites for hydroxylation is 3. The molecule has 7 nitrogen and oxygen atoms in total. The molecule has 0 aliphatic carbocycles. The van der Waals surface area contributed by atoms with Crippen LogP contribution in [-0.2, 0) is 11.3 Å². The molecule has 3 aromatic rings. The molecule has 1 aromatic heterocycles. The van der Waals surface area contributed by atoms with E-state index >= 15 is 0 Å². The highest BCUT2D eigenvalue weighted by Gasteiger charge is 2.14. The number of amides is 1. The number of carbonyl (C=O) groups excluding carboxylic acids is 1. The second-order valence-electron chi connectivity index (χ2n) is 7.37. The van der Waals surface area contributed by atoms with Crippen LogP contribution in [0.4, 0.5) is 5.69 Å². The van der Waals surface area contributed by atoms with Crippen LogP contribution in [0.5, 0.6) is 11.5 Å². The predicted molar refractivity (Wildman–Crippen MR) is 114 cm³/mol. The molecule has 0 unspecified atom stereocenters. The molecule has 0 spiro atoms. The van der Waals surface area contributed by atoms with Crippen molar-refractivity contribution in [3.8, 4) is 22.8 Å². The maximum absolute atomic E-state index is 12.5. The van der Waals surface area contributed by atoms with Crippen LogP contribution < -0.4 is 20.3 Å². The van der Waals surface area contributed by atoms with E-state index in [1.54, 1.807) is 24.3 Å². The molecule has 2 aromatic carbocycles. The van der Waals surface area contributed by atoms with Crippen LogP contribution in [-0.4, -0.2) is 28.9 Å². The first-order valence-electron chi connectivity index (χ1n) is 9.76. The van der Waals surface area contributed by atoms with Gasteiger partial charge in [0.1, 0.15) is 19.8 Å². The molecule has 4 rings (SSSR count). The molecule has 0 saturated heterocycles. The summed E-state index contributed by atoms with van der Waals surface area (Å²) in [5, 5.41) is 7.21. The lowest BCUT2D eigenvalue weighted by Gasteiger charge is -2.19. The van der Waals surface area contributed by atoms with Gasteiger partial charge in [-0.25, -0.2) is 4.68 Å². The van der Waals surface area contributed by atoms with Crippen LogP contribution in [0.3, 0.4) is 0 Å². The van der Waals surface area contributed by atoms with Crippen LogP contribution in [0.25, 0.3) is 11.3 Å². The van der Waals surface area contributed by atoms with Gasteiger partial charge in [0.15, 0.2) is 11.5 Å². The van der Waals surface area contributed by atoms with Gasteiger partial charge < -0.3 is 14.8 Å². The highest BCUT2D eigenvalue weighted by molar-refractivity contribution is 5.90. The van der Waals surface area contributed by atoms with Gasteiger partial charge in [0.25, 0.3) is 5.56 Å². The second kappa shape index (κ2) is 8.02. The monoisotopic (exact) mass is 405 g/mol. The number of nitrogens with zero attached hydrogens (tertiary/aromatic N) is 2. The van der Waals surface area contributed by atoms with Crippen molar-refractivity contribution in [1.82, 2.24) is 9.78 Å². The van der Waals surface area contributed by atoms with E-state index in [-0.39, 0.29) is 18.0 Å². The molecule has 0 bridgehead atoms. The topological polar surface area (TPSA) is 82.5 Å². The highest BCUT2D eigenvalue weighted by Crippen LogP contribution is 2.32. The predicted octanol–water partition coefficient (Wildman–Crippen LogP) is 3.25. The van der Waals surface area contributed by atoms with Gasteiger partial charge in [0.05, 0.1) is 5.69 Å². The van der Waals surface area contributed by atoms with E-state index in [9.17, 15) is 9.59 Å². The summed E-state index contributed by atoms with van der Waals surface area (Å²) in [5.74, 6) is 0.880. The van der Waals surface area contributed by atoms with Gasteiger partial charge in [-0.1, -0.05) is 6.07 Å². The Labute approximate surface area is 174 Å². The summed E-state index contributed by atoms with van der Waals surface area (Å²) < 4.78 is 12.2. The van der Waals surface area contributed by atoms with Crippen LogP contribution >= 0.6 is 0 Å². The zero-order valence-corrected chi connectivity index (χ0v) is 17.2. The zero-order chi connectivity index (χ0) is 21.3. The molecule has 1 aliphatic rings. The molecule has 1 aliphatic heterocycles. The number of carbonyl (C=O) groups is 1. The summed E-state index contributed by atoms with van der Waals surface area (Å²) in [7, 11) is 0. The first kappa shape index (κ1) is 19.7. The maximum atomic E-state index is 12.5. The molecule has 2 heterocycles. The number of nitrogens with one attached hydrogen (secondary N) is 1. The Kier molecular flexibility index (Phi) is 5.27. The lowest BCUT2D eigenvalue weighted by atomic mass is 9.99. The molecule has 154 valence electrons. The van der Waals surface area contributed by atoms with Gasteiger partial charge >= 0.3 is 0 Å². The number of fused-ring (bicyclic) bond motifs is 1. The number of rotatable bonds is 4. The van der Waals surface area contributed by atoms with Crippen LogP contribution in [0.1, 0.15) is 16.7 Å². The molecule has 30 heavy (non-hydrogen) atoms. The zero-order valence-electron chi connectivity index (χ0n) is 17.2. The molecule has 0 saturated carbocycles. The minimum absolute atomic E-state index is 0.189. The molecular weight excluding hydrogens is 382 g/mol. The molecule has 1 N–H and O–H groups in total. The Balaban J connectivity index is 1.55. The van der Waals surface area contributed by atoms with E-state index in [1.165, 1.54) is 16.3 Å². The summed E-state index contributed by atoms with van der Waals surface area (Å²) in [4.78, 5) is 24.8. The Morgan fingerprint density at radius 3 is 2.50 bits per heavy atom. The fourth-order valence-electron chi connectivity index (χ4n) is 3.40. The van der Waals surface area contributed by atoms with E-state index in [1.807, 2.05) is 13.8 Å². The molecule has 0 atom stereocenters. The SMILES string of the molecule is Cc1cc(C)c(-c2ccc(=O)n(CC(=O)Nc3ccc4c(c3)OCCO4)n2)cc1C. The largest absolute Gasteiger partial charge is 0.486 e. The van der Waals surface area contributed by atoms with Crippen molar-refractivity contribution in [2.75, 3.05) is 18.5 Å². The van der Waals surface area contributed by atoms with Gasteiger partial charge in [-0.05, 0) is 61.7 Å². The van der Waals surface area contributed by atoms with Crippen molar-refractivity contribution >= 4 is 11.6 Å². The molecular formula is C23H23N3O4. The fourth-order valence-corrected chi connectivity index (χ4v) is 3.40. The fraction of sp³-hybridized carbons (Fsp3) is 0.261. The third kappa shape index (κ3) is 4.05. The number of aromatic nitrogens is 2. The molecule has 1 amide bonds. The second-order valence-corrected chi connectivity index (χ2v) is 7.37. The standard InChI is InChI=1S/C23H23N3O4/c1-14-10-16(3)18(11-15(14)2)19-5-7-23(28)26(25-19)13-22(27)24-17-4-6-20-21(12-17)30-9-8-29-20/h4-7,10-12H,8-9,13H2,1-3H3,(H,24,27). The number of ether oxygens (including phenoxy) is 2. The van der Waals surface area contributed by atoms with Crippen LogP contribution in [0.2, 0.25) is 0 Å². The first-order valence-corrected chi connectivity index (χ1v) is 9.76. The Hall–Kier alpha value is -3.61. The number of hydrogen-bond acceptors (Lipinski definition) is 5. The van der Waals surface area contributed by atoms with Crippen molar-refractivity contribution in [3.05, 3.63) is 69.5 Å². The Bertz CT molecular complexity index is 1180. The van der Waals surface area contributed by atoms with Gasteiger partial charge in [0.2, 0.25) is 5.91 Å². The normalized spacial score (nSPS) is 12.5. The summed E-state index contributed by atoms with van der Waals surface area (Å²) in [6.45, 7) is 6.88. The minimum atomic E-state index is -0.352. The average Bonchev–Trinajstić information content (AvgIpc) is 2.72. The van der Waals surface area contributed by atoms with Crippen molar-refractivity contribution in [1.29, 1.82) is 0 Å². The lowest BCUT2D eigenvalue weighted by molar-refractivity contribution is -0.117. The van der Waals surface area contributed by atoms with E-state index in [0.717, 1.165) is 16.7 Å². The van der Waals surface area contributed by atoms with E-state index in [2.05, 4.69) is 29.5 Å². The van der Waals surface area contributed by atoms with Crippen molar-refractivity contribution < 1.29 is 14.3 Å². The van der Waals surface area contributed by atoms with E-state index in [0.29, 0.717) is 36.1 Å². The quantitative estimate of drug-likeness (QED) is 0.721. The van der Waals surface area contributed by atoms with Gasteiger partial charge in [-0.3, -0.25) is 9.59 Å². The first-order chi connectivity index (χ1) is 14.4. The van der Waals surface area contributed by atoms with E-state index in [4.69, 9.17) is 9.47 Å². The third-order valence-electron chi connectivity index (χ3n) is 5.10. The van der Waals surface area contributed by atoms with Crippen molar-refractivity contribution in [3.63, 3.8) is 0 Å². The van der Waals surface area contributed by atoms with Crippen molar-refractivity contribution in [2.45, 2.75) is 27.3 Å². The smallest absolute Gasteiger partial charge is 0.267 e.